The lowest BCUT2D eigenvalue weighted by Gasteiger charge is -2.06. The second-order valence-electron chi connectivity index (χ2n) is 6.02. The molecule has 146 valence electrons. The number of carbonyl (C=O) groups excluding carboxylic acids is 2. The van der Waals surface area contributed by atoms with Crippen LogP contribution in [0, 0.1) is 0 Å². The van der Waals surface area contributed by atoms with E-state index in [1.165, 1.54) is 6.20 Å². The number of nitrogens with one attached hydrogen (secondary N) is 2. The van der Waals surface area contributed by atoms with Crippen LogP contribution in [0.4, 0.5) is 10.5 Å². The van der Waals surface area contributed by atoms with Crippen molar-refractivity contribution in [2.75, 3.05) is 11.9 Å². The second kappa shape index (κ2) is 7.85. The molecule has 3 aromatic heterocycles. The van der Waals surface area contributed by atoms with Gasteiger partial charge in [0.25, 0.3) is 5.91 Å². The molecule has 0 bridgehead atoms. The molecule has 0 saturated heterocycles. The van der Waals surface area contributed by atoms with Crippen LogP contribution in [0.3, 0.4) is 0 Å². The topological polar surface area (TPSA) is 111 Å². The minimum Gasteiger partial charge on any atom is -0.434 e. The Morgan fingerprint density at radius 1 is 1.21 bits per heavy atom. The van der Waals surface area contributed by atoms with Crippen LogP contribution in [0.1, 0.15) is 17.4 Å². The van der Waals surface area contributed by atoms with Crippen LogP contribution in [-0.2, 0) is 4.74 Å². The lowest BCUT2D eigenvalue weighted by molar-refractivity contribution is 0.0991. The molecule has 29 heavy (non-hydrogen) atoms. The van der Waals surface area contributed by atoms with Crippen molar-refractivity contribution in [2.24, 2.45) is 0 Å². The van der Waals surface area contributed by atoms with E-state index < -0.39 is 12.1 Å². The number of hydrogen-bond acceptors (Lipinski definition) is 6. The molecule has 4 rings (SSSR count). The van der Waals surface area contributed by atoms with Gasteiger partial charge in [-0.05, 0) is 13.0 Å². The SMILES string of the molecule is CCOC(=O)Oc1cn[nH]c1C(=O)Nc1ccn2cc(-c3ccccc3)nc2c1. The molecular weight excluding hydrogens is 374 g/mol. The Balaban J connectivity index is 1.53. The number of anilines is 1. The van der Waals surface area contributed by atoms with Crippen LogP contribution < -0.4 is 10.1 Å². The van der Waals surface area contributed by atoms with E-state index in [9.17, 15) is 9.59 Å². The normalized spacial score (nSPS) is 10.7. The molecule has 0 atom stereocenters. The van der Waals surface area contributed by atoms with Gasteiger partial charge >= 0.3 is 6.16 Å². The van der Waals surface area contributed by atoms with Crippen molar-refractivity contribution in [3.63, 3.8) is 0 Å². The van der Waals surface area contributed by atoms with Crippen molar-refractivity contribution in [1.82, 2.24) is 19.6 Å². The third kappa shape index (κ3) is 3.93. The van der Waals surface area contributed by atoms with Crippen LogP contribution in [0.15, 0.2) is 61.1 Å². The van der Waals surface area contributed by atoms with Crippen molar-refractivity contribution in [1.29, 1.82) is 0 Å². The quantitative estimate of drug-likeness (QED) is 0.504. The highest BCUT2D eigenvalue weighted by atomic mass is 16.7. The van der Waals surface area contributed by atoms with E-state index >= 15 is 0 Å². The maximum Gasteiger partial charge on any atom is 0.513 e. The van der Waals surface area contributed by atoms with E-state index in [1.54, 1.807) is 25.3 Å². The number of imidazole rings is 1. The van der Waals surface area contributed by atoms with E-state index in [2.05, 4.69) is 20.5 Å². The van der Waals surface area contributed by atoms with Gasteiger partial charge in [0, 0.05) is 29.7 Å². The van der Waals surface area contributed by atoms with Gasteiger partial charge in [-0.1, -0.05) is 30.3 Å². The molecule has 0 aliphatic heterocycles. The fourth-order valence-electron chi connectivity index (χ4n) is 2.75. The molecule has 3 heterocycles. The lowest BCUT2D eigenvalue weighted by Crippen LogP contribution is -2.16. The van der Waals surface area contributed by atoms with Gasteiger partial charge in [0.1, 0.15) is 5.65 Å². The molecule has 4 aromatic rings. The maximum absolute atomic E-state index is 12.6. The summed E-state index contributed by atoms with van der Waals surface area (Å²) in [4.78, 5) is 28.6. The standard InChI is InChI=1S/C20H17N5O4/c1-2-28-20(27)29-16-11-21-24-18(16)19(26)22-14-8-9-25-12-15(23-17(25)10-14)13-6-4-3-5-7-13/h3-12H,2H2,1H3,(H,21,24)(H,22,26). The summed E-state index contributed by atoms with van der Waals surface area (Å²) in [5, 5.41) is 9.01. The summed E-state index contributed by atoms with van der Waals surface area (Å²) in [6.45, 7) is 1.81. The van der Waals surface area contributed by atoms with Gasteiger partial charge in [-0.3, -0.25) is 9.89 Å². The summed E-state index contributed by atoms with van der Waals surface area (Å²) in [5.74, 6) is -0.532. The molecule has 0 aliphatic rings. The van der Waals surface area contributed by atoms with Crippen LogP contribution in [-0.4, -0.2) is 38.3 Å². The number of H-pyrrole nitrogens is 1. The summed E-state index contributed by atoms with van der Waals surface area (Å²) in [5.41, 5.74) is 3.04. The third-order valence-electron chi connectivity index (χ3n) is 4.07. The molecule has 0 saturated carbocycles. The lowest BCUT2D eigenvalue weighted by atomic mass is 10.2. The number of fused-ring (bicyclic) bond motifs is 1. The van der Waals surface area contributed by atoms with Crippen molar-refractivity contribution >= 4 is 23.4 Å². The number of pyridine rings is 1. The summed E-state index contributed by atoms with van der Waals surface area (Å²) >= 11 is 0. The number of aromatic amines is 1. The zero-order chi connectivity index (χ0) is 20.2. The third-order valence-corrected chi connectivity index (χ3v) is 4.07. The largest absolute Gasteiger partial charge is 0.513 e. The van der Waals surface area contributed by atoms with Crippen molar-refractivity contribution < 1.29 is 19.1 Å². The summed E-state index contributed by atoms with van der Waals surface area (Å²) < 4.78 is 11.5. The predicted octanol–water partition coefficient (Wildman–Crippen LogP) is 3.51. The first-order chi connectivity index (χ1) is 14.1. The van der Waals surface area contributed by atoms with E-state index in [4.69, 9.17) is 9.47 Å². The fraction of sp³-hybridized carbons (Fsp3) is 0.100. The summed E-state index contributed by atoms with van der Waals surface area (Å²) in [7, 11) is 0. The number of aromatic nitrogens is 4. The summed E-state index contributed by atoms with van der Waals surface area (Å²) in [6.07, 6.45) is 4.04. The fourth-order valence-corrected chi connectivity index (χ4v) is 2.75. The summed E-state index contributed by atoms with van der Waals surface area (Å²) in [6, 6.07) is 13.3. The monoisotopic (exact) mass is 391 g/mol. The Morgan fingerprint density at radius 2 is 2.03 bits per heavy atom. The Labute approximate surface area is 165 Å². The molecule has 0 fully saturated rings. The maximum atomic E-state index is 12.6. The minimum atomic E-state index is -0.907. The Bertz CT molecular complexity index is 1170. The smallest absolute Gasteiger partial charge is 0.434 e. The Hall–Kier alpha value is -4.14. The van der Waals surface area contributed by atoms with Gasteiger partial charge in [-0.15, -0.1) is 0 Å². The second-order valence-corrected chi connectivity index (χ2v) is 6.02. The number of hydrogen-bond donors (Lipinski definition) is 2. The van der Waals surface area contributed by atoms with Gasteiger partial charge in [-0.2, -0.15) is 5.10 Å². The van der Waals surface area contributed by atoms with Crippen LogP contribution >= 0.6 is 0 Å². The van der Waals surface area contributed by atoms with Crippen molar-refractivity contribution in [3.8, 4) is 17.0 Å². The Kier molecular flexibility index (Phi) is 4.93. The van der Waals surface area contributed by atoms with E-state index in [0.29, 0.717) is 11.3 Å². The number of ether oxygens (including phenoxy) is 2. The van der Waals surface area contributed by atoms with Gasteiger partial charge in [0.05, 0.1) is 18.5 Å². The van der Waals surface area contributed by atoms with Gasteiger partial charge in [0.15, 0.2) is 11.4 Å². The molecule has 1 aromatic carbocycles. The zero-order valence-electron chi connectivity index (χ0n) is 15.5. The molecule has 0 radical (unpaired) electrons. The highest BCUT2D eigenvalue weighted by Gasteiger charge is 2.19. The first kappa shape index (κ1) is 18.2. The highest BCUT2D eigenvalue weighted by molar-refractivity contribution is 6.05. The highest BCUT2D eigenvalue weighted by Crippen LogP contribution is 2.22. The zero-order valence-corrected chi connectivity index (χ0v) is 15.5. The van der Waals surface area contributed by atoms with Crippen molar-refractivity contribution in [3.05, 3.63) is 66.7 Å². The average molecular weight is 391 g/mol. The van der Waals surface area contributed by atoms with Gasteiger partial charge in [-0.25, -0.2) is 9.78 Å². The van der Waals surface area contributed by atoms with E-state index in [-0.39, 0.29) is 18.1 Å². The van der Waals surface area contributed by atoms with E-state index in [1.807, 2.05) is 40.9 Å². The molecule has 9 heteroatoms. The Morgan fingerprint density at radius 3 is 2.83 bits per heavy atom. The van der Waals surface area contributed by atoms with Crippen molar-refractivity contribution in [2.45, 2.75) is 6.92 Å². The minimum absolute atomic E-state index is 0.00578. The molecule has 0 spiro atoms. The van der Waals surface area contributed by atoms with Crippen LogP contribution in [0.5, 0.6) is 5.75 Å². The number of nitrogens with zero attached hydrogens (tertiary/aromatic N) is 3. The average Bonchev–Trinajstić information content (AvgIpc) is 3.35. The molecule has 1 amide bonds. The molecular formula is C20H17N5O4. The predicted molar refractivity (Wildman–Crippen MR) is 105 cm³/mol. The number of amides is 1. The molecule has 9 nitrogen and oxygen atoms in total. The molecule has 0 unspecified atom stereocenters. The molecule has 2 N–H and O–H groups in total. The van der Waals surface area contributed by atoms with Gasteiger partial charge in [0.2, 0.25) is 0 Å². The van der Waals surface area contributed by atoms with Gasteiger partial charge < -0.3 is 19.2 Å². The molecule has 0 aliphatic carbocycles. The van der Waals surface area contributed by atoms with E-state index in [0.717, 1.165) is 11.3 Å². The van der Waals surface area contributed by atoms with Crippen LogP contribution in [0.2, 0.25) is 0 Å². The van der Waals surface area contributed by atoms with Crippen LogP contribution in [0.25, 0.3) is 16.9 Å². The number of benzene rings is 1. The number of carbonyl (C=O) groups is 2. The number of rotatable bonds is 5. The first-order valence-electron chi connectivity index (χ1n) is 8.87. The first-order valence-corrected chi connectivity index (χ1v) is 8.87.